The number of carbonyl (C=O) groups excluding carboxylic acids is 1. The minimum absolute atomic E-state index is 0. The number of hydrogen-bond donors (Lipinski definition) is 0. The predicted octanol–water partition coefficient (Wildman–Crippen LogP) is 1.62. The van der Waals surface area contributed by atoms with Gasteiger partial charge in [0.25, 0.3) is 0 Å². The Hall–Kier alpha value is -0.790. The van der Waals surface area contributed by atoms with Gasteiger partial charge in [0.15, 0.2) is 0 Å². The van der Waals surface area contributed by atoms with Crippen molar-refractivity contribution < 1.29 is 9.53 Å². The van der Waals surface area contributed by atoms with Crippen LogP contribution >= 0.6 is 0 Å². The second kappa shape index (κ2) is 9.51. The smallest absolute Gasteiger partial charge is 0.329 e. The SMILES string of the molecule is C.C.C=CC(=O)OC. The molecule has 0 unspecified atom stereocenters. The summed E-state index contributed by atoms with van der Waals surface area (Å²) in [5, 5.41) is 0. The zero-order valence-electron chi connectivity index (χ0n) is 3.60. The molecule has 0 N–H and O–H groups in total. The summed E-state index contributed by atoms with van der Waals surface area (Å²) in [4.78, 5) is 9.84. The van der Waals surface area contributed by atoms with Crippen LogP contribution in [0.5, 0.6) is 0 Å². The summed E-state index contributed by atoms with van der Waals surface area (Å²) in [6.45, 7) is 3.16. The van der Waals surface area contributed by atoms with Crippen LogP contribution in [0.4, 0.5) is 0 Å². The molecule has 0 saturated carbocycles. The number of ether oxygens (including phenoxy) is 1. The van der Waals surface area contributed by atoms with Gasteiger partial charge in [-0.3, -0.25) is 0 Å². The maximum atomic E-state index is 9.84. The molecule has 0 aliphatic heterocycles. The first-order valence-electron chi connectivity index (χ1n) is 1.51. The van der Waals surface area contributed by atoms with Gasteiger partial charge in [-0.05, 0) is 0 Å². The zero-order valence-corrected chi connectivity index (χ0v) is 3.60. The fraction of sp³-hybridized carbons (Fsp3) is 0.500. The van der Waals surface area contributed by atoms with Crippen LogP contribution in [-0.2, 0) is 9.53 Å². The fourth-order valence-corrected chi connectivity index (χ4v) is 0.0833. The van der Waals surface area contributed by atoms with E-state index in [-0.39, 0.29) is 14.9 Å². The van der Waals surface area contributed by atoms with E-state index >= 15 is 0 Å². The van der Waals surface area contributed by atoms with E-state index in [2.05, 4.69) is 11.3 Å². The predicted molar refractivity (Wildman–Crippen MR) is 35.7 cm³/mol. The van der Waals surface area contributed by atoms with Crippen LogP contribution in [0.15, 0.2) is 12.7 Å². The monoisotopic (exact) mass is 118 g/mol. The van der Waals surface area contributed by atoms with Crippen molar-refractivity contribution in [2.75, 3.05) is 7.11 Å². The summed E-state index contributed by atoms with van der Waals surface area (Å²) < 4.78 is 4.14. The molecule has 2 nitrogen and oxygen atoms in total. The Labute approximate surface area is 51.2 Å². The van der Waals surface area contributed by atoms with Gasteiger partial charge in [0.2, 0.25) is 0 Å². The lowest BCUT2D eigenvalue weighted by Gasteiger charge is -1.83. The normalized spacial score (nSPS) is 5.12. The van der Waals surface area contributed by atoms with E-state index in [1.807, 2.05) is 0 Å². The van der Waals surface area contributed by atoms with Crippen molar-refractivity contribution in [3.63, 3.8) is 0 Å². The number of carbonyl (C=O) groups is 1. The third-order valence-corrected chi connectivity index (χ3v) is 0.368. The largest absolute Gasteiger partial charge is 0.466 e. The lowest BCUT2D eigenvalue weighted by molar-refractivity contribution is -0.134. The Bertz CT molecular complexity index is 66.9. The van der Waals surface area contributed by atoms with Crippen molar-refractivity contribution in [2.24, 2.45) is 0 Å². The molecule has 0 aliphatic rings. The second-order valence-electron chi connectivity index (χ2n) is 0.727. The van der Waals surface area contributed by atoms with Crippen LogP contribution in [0.25, 0.3) is 0 Å². The lowest BCUT2D eigenvalue weighted by atomic mass is 10.7. The van der Waals surface area contributed by atoms with Gasteiger partial charge in [0, 0.05) is 6.08 Å². The Morgan fingerprint density at radius 1 is 1.62 bits per heavy atom. The van der Waals surface area contributed by atoms with Gasteiger partial charge in [0.05, 0.1) is 7.11 Å². The standard InChI is InChI=1S/C4H6O2.2CH4/c1-3-4(5)6-2;;/h3H,1H2,2H3;2*1H4. The Kier molecular flexibility index (Phi) is 18.6. The summed E-state index contributed by atoms with van der Waals surface area (Å²) in [6, 6.07) is 0. The average Bonchev–Trinajstić information content (AvgIpc) is 1.65. The Morgan fingerprint density at radius 2 is 2.00 bits per heavy atom. The summed E-state index contributed by atoms with van der Waals surface area (Å²) in [7, 11) is 1.31. The molecule has 0 heterocycles. The Morgan fingerprint density at radius 3 is 2.00 bits per heavy atom. The number of esters is 1. The minimum atomic E-state index is -0.394. The van der Waals surface area contributed by atoms with E-state index in [0.29, 0.717) is 0 Å². The Balaban J connectivity index is -0.000000125. The first kappa shape index (κ1) is 15.7. The number of hydrogen-bond acceptors (Lipinski definition) is 2. The summed E-state index contributed by atoms with van der Waals surface area (Å²) in [6.07, 6.45) is 1.11. The first-order chi connectivity index (χ1) is 2.81. The molecule has 0 fully saturated rings. The van der Waals surface area contributed by atoms with E-state index in [1.165, 1.54) is 7.11 Å². The highest BCUT2D eigenvalue weighted by molar-refractivity contribution is 5.80. The van der Waals surface area contributed by atoms with Gasteiger partial charge in [0.1, 0.15) is 0 Å². The molecule has 0 radical (unpaired) electrons. The van der Waals surface area contributed by atoms with Gasteiger partial charge in [-0.2, -0.15) is 0 Å². The summed E-state index contributed by atoms with van der Waals surface area (Å²) in [5.41, 5.74) is 0. The van der Waals surface area contributed by atoms with Gasteiger partial charge in [-0.25, -0.2) is 4.79 Å². The molecule has 0 aliphatic carbocycles. The second-order valence-corrected chi connectivity index (χ2v) is 0.727. The maximum absolute atomic E-state index is 9.84. The van der Waals surface area contributed by atoms with E-state index in [4.69, 9.17) is 0 Å². The van der Waals surface area contributed by atoms with Crippen molar-refractivity contribution in [1.82, 2.24) is 0 Å². The molecule has 0 bridgehead atoms. The van der Waals surface area contributed by atoms with Crippen molar-refractivity contribution in [3.05, 3.63) is 12.7 Å². The molecular weight excluding hydrogens is 104 g/mol. The van der Waals surface area contributed by atoms with Gasteiger partial charge >= 0.3 is 5.97 Å². The van der Waals surface area contributed by atoms with Crippen molar-refractivity contribution in [2.45, 2.75) is 14.9 Å². The van der Waals surface area contributed by atoms with Crippen molar-refractivity contribution in [3.8, 4) is 0 Å². The molecule has 0 spiro atoms. The highest BCUT2D eigenvalue weighted by Gasteiger charge is 1.81. The van der Waals surface area contributed by atoms with E-state index in [9.17, 15) is 4.79 Å². The summed E-state index contributed by atoms with van der Waals surface area (Å²) >= 11 is 0. The maximum Gasteiger partial charge on any atom is 0.329 e. The quantitative estimate of drug-likeness (QED) is 0.386. The average molecular weight is 118 g/mol. The molecular formula is C6H14O2. The molecule has 2 heteroatoms. The van der Waals surface area contributed by atoms with Crippen LogP contribution in [0, 0.1) is 0 Å². The molecule has 0 aromatic heterocycles. The van der Waals surface area contributed by atoms with Gasteiger partial charge in [-0.15, -0.1) is 0 Å². The molecule has 0 rings (SSSR count). The van der Waals surface area contributed by atoms with Crippen molar-refractivity contribution in [1.29, 1.82) is 0 Å². The number of rotatable bonds is 1. The van der Waals surface area contributed by atoms with Gasteiger partial charge in [-0.1, -0.05) is 21.4 Å². The third kappa shape index (κ3) is 8.96. The van der Waals surface area contributed by atoms with Crippen LogP contribution in [0.3, 0.4) is 0 Å². The molecule has 0 aromatic carbocycles. The minimum Gasteiger partial charge on any atom is -0.466 e. The molecule has 0 aromatic rings. The molecule has 0 saturated heterocycles. The van der Waals surface area contributed by atoms with Gasteiger partial charge < -0.3 is 4.74 Å². The molecule has 0 amide bonds. The van der Waals surface area contributed by atoms with Crippen LogP contribution in [0.1, 0.15) is 14.9 Å². The number of methoxy groups -OCH3 is 1. The van der Waals surface area contributed by atoms with E-state index in [1.54, 1.807) is 0 Å². The topological polar surface area (TPSA) is 26.3 Å². The highest BCUT2D eigenvalue weighted by atomic mass is 16.5. The van der Waals surface area contributed by atoms with E-state index in [0.717, 1.165) is 6.08 Å². The van der Waals surface area contributed by atoms with E-state index < -0.39 is 5.97 Å². The fourth-order valence-electron chi connectivity index (χ4n) is 0.0833. The molecule has 8 heavy (non-hydrogen) atoms. The molecule has 0 atom stereocenters. The van der Waals surface area contributed by atoms with Crippen LogP contribution in [-0.4, -0.2) is 13.1 Å². The lowest BCUT2D eigenvalue weighted by Crippen LogP contribution is -1.91. The molecule has 50 valence electrons. The summed E-state index contributed by atoms with van der Waals surface area (Å²) in [5.74, 6) is -0.394. The van der Waals surface area contributed by atoms with Crippen molar-refractivity contribution >= 4 is 5.97 Å². The highest BCUT2D eigenvalue weighted by Crippen LogP contribution is 1.67. The third-order valence-electron chi connectivity index (χ3n) is 0.368. The first-order valence-corrected chi connectivity index (χ1v) is 1.51. The van der Waals surface area contributed by atoms with Crippen LogP contribution < -0.4 is 0 Å². The zero-order chi connectivity index (χ0) is 4.99. The van der Waals surface area contributed by atoms with Crippen LogP contribution in [0.2, 0.25) is 0 Å².